The van der Waals surface area contributed by atoms with E-state index in [1.54, 1.807) is 6.20 Å². The molecule has 0 fully saturated rings. The van der Waals surface area contributed by atoms with Crippen molar-refractivity contribution >= 4 is 21.6 Å². The molecule has 0 spiro atoms. The molecule has 0 aliphatic heterocycles. The Balaban J connectivity index is 2.90. The van der Waals surface area contributed by atoms with E-state index >= 15 is 0 Å². The Hall–Kier alpha value is -1.16. The normalized spacial score (nSPS) is 10.6. The van der Waals surface area contributed by atoms with Crippen LogP contribution >= 0.6 is 11.3 Å². The van der Waals surface area contributed by atoms with Gasteiger partial charge in [0.15, 0.2) is 5.75 Å². The minimum Gasteiger partial charge on any atom is -0.505 e. The maximum Gasteiger partial charge on any atom is 0.153 e. The highest BCUT2D eigenvalue weighted by Gasteiger charge is 2.03. The quantitative estimate of drug-likeness (QED) is 0.648. The summed E-state index contributed by atoms with van der Waals surface area (Å²) >= 11 is 1.48. The lowest BCUT2D eigenvalue weighted by Crippen LogP contribution is -1.72. The van der Waals surface area contributed by atoms with Gasteiger partial charge in [-0.15, -0.1) is 11.3 Å². The number of aromatic nitrogens is 2. The van der Waals surface area contributed by atoms with Gasteiger partial charge in [0.05, 0.1) is 22.1 Å². The topological polar surface area (TPSA) is 46.0 Å². The molecule has 0 radical (unpaired) electrons. The zero-order valence-electron chi connectivity index (χ0n) is 5.90. The van der Waals surface area contributed by atoms with E-state index in [-0.39, 0.29) is 5.75 Å². The van der Waals surface area contributed by atoms with E-state index in [1.807, 2.05) is 6.92 Å². The number of pyridine rings is 1. The Morgan fingerprint density at radius 1 is 1.45 bits per heavy atom. The Bertz CT molecular complexity index is 396. The van der Waals surface area contributed by atoms with Gasteiger partial charge in [0.25, 0.3) is 0 Å². The average Bonchev–Trinajstić information content (AvgIpc) is 2.31. The first-order valence-electron chi connectivity index (χ1n) is 3.17. The van der Waals surface area contributed by atoms with Crippen LogP contribution in [-0.2, 0) is 0 Å². The molecular formula is C7H6N2OS. The van der Waals surface area contributed by atoms with E-state index in [9.17, 15) is 5.11 Å². The maximum absolute atomic E-state index is 9.29. The van der Waals surface area contributed by atoms with Crippen molar-refractivity contribution in [3.05, 3.63) is 17.4 Å². The van der Waals surface area contributed by atoms with Gasteiger partial charge in [0.2, 0.25) is 0 Å². The fourth-order valence-corrected chi connectivity index (χ4v) is 1.75. The smallest absolute Gasteiger partial charge is 0.153 e. The van der Waals surface area contributed by atoms with Crippen molar-refractivity contribution in [1.82, 2.24) is 9.97 Å². The zero-order chi connectivity index (χ0) is 7.84. The first kappa shape index (κ1) is 6.54. The van der Waals surface area contributed by atoms with E-state index in [2.05, 4.69) is 9.97 Å². The van der Waals surface area contributed by atoms with Crippen molar-refractivity contribution in [2.75, 3.05) is 0 Å². The van der Waals surface area contributed by atoms with Crippen LogP contribution in [0.1, 0.15) is 5.01 Å². The molecule has 56 valence electrons. The number of nitrogens with zero attached hydrogens (tertiary/aromatic N) is 2. The Labute approximate surface area is 67.4 Å². The van der Waals surface area contributed by atoms with Crippen LogP contribution in [0.4, 0.5) is 0 Å². The molecule has 1 N–H and O–H groups in total. The van der Waals surface area contributed by atoms with Gasteiger partial charge in [0, 0.05) is 0 Å². The number of thiazole rings is 1. The number of rotatable bonds is 0. The molecule has 2 aromatic heterocycles. The van der Waals surface area contributed by atoms with Crippen molar-refractivity contribution in [1.29, 1.82) is 0 Å². The van der Waals surface area contributed by atoms with Gasteiger partial charge in [-0.3, -0.25) is 4.98 Å². The van der Waals surface area contributed by atoms with Crippen LogP contribution in [0.5, 0.6) is 5.75 Å². The van der Waals surface area contributed by atoms with Crippen LogP contribution in [0, 0.1) is 6.92 Å². The van der Waals surface area contributed by atoms with Crippen LogP contribution in [0.25, 0.3) is 10.2 Å². The van der Waals surface area contributed by atoms with E-state index in [4.69, 9.17) is 0 Å². The zero-order valence-corrected chi connectivity index (χ0v) is 6.72. The maximum atomic E-state index is 9.29. The third-order valence-electron chi connectivity index (χ3n) is 1.39. The number of aromatic hydroxyl groups is 1. The third kappa shape index (κ3) is 0.952. The van der Waals surface area contributed by atoms with E-state index in [0.717, 1.165) is 15.2 Å². The molecule has 0 aliphatic rings. The van der Waals surface area contributed by atoms with Gasteiger partial charge >= 0.3 is 0 Å². The molecule has 0 amide bonds. The third-order valence-corrected chi connectivity index (χ3v) is 2.40. The van der Waals surface area contributed by atoms with E-state index in [1.165, 1.54) is 17.5 Å². The lowest BCUT2D eigenvalue weighted by molar-refractivity contribution is 0.480. The summed E-state index contributed by atoms with van der Waals surface area (Å²) < 4.78 is 0.817. The van der Waals surface area contributed by atoms with Gasteiger partial charge in [-0.2, -0.15) is 0 Å². The summed E-state index contributed by atoms with van der Waals surface area (Å²) in [5.41, 5.74) is 0.771. The molecule has 2 heterocycles. The summed E-state index contributed by atoms with van der Waals surface area (Å²) in [5.74, 6) is 0.216. The molecule has 2 rings (SSSR count). The van der Waals surface area contributed by atoms with Crippen LogP contribution in [0.3, 0.4) is 0 Å². The van der Waals surface area contributed by atoms with Crippen molar-refractivity contribution in [3.8, 4) is 5.75 Å². The Kier molecular flexibility index (Phi) is 1.29. The lowest BCUT2D eigenvalue weighted by atomic mass is 10.4. The molecule has 11 heavy (non-hydrogen) atoms. The minimum absolute atomic E-state index is 0.216. The molecule has 3 nitrogen and oxygen atoms in total. The summed E-state index contributed by atoms with van der Waals surface area (Å²) in [6.45, 7) is 1.91. The van der Waals surface area contributed by atoms with Crippen LogP contribution in [0.2, 0.25) is 0 Å². The highest BCUT2D eigenvalue weighted by molar-refractivity contribution is 7.18. The molecule has 0 aromatic carbocycles. The molecular weight excluding hydrogens is 160 g/mol. The summed E-state index contributed by atoms with van der Waals surface area (Å²) in [6, 6.07) is 0. The lowest BCUT2D eigenvalue weighted by Gasteiger charge is -1.88. The average molecular weight is 166 g/mol. The monoisotopic (exact) mass is 166 g/mol. The minimum atomic E-state index is 0.216. The molecule has 0 unspecified atom stereocenters. The molecule has 2 aromatic rings. The summed E-state index contributed by atoms with van der Waals surface area (Å²) in [4.78, 5) is 7.99. The van der Waals surface area contributed by atoms with E-state index < -0.39 is 0 Å². The predicted octanol–water partition coefficient (Wildman–Crippen LogP) is 1.71. The van der Waals surface area contributed by atoms with Crippen LogP contribution in [0.15, 0.2) is 12.4 Å². The second-order valence-electron chi connectivity index (χ2n) is 2.24. The molecule has 0 bridgehead atoms. The van der Waals surface area contributed by atoms with Gasteiger partial charge in [0.1, 0.15) is 5.52 Å². The molecule has 0 saturated heterocycles. The fourth-order valence-electron chi connectivity index (χ4n) is 0.951. The summed E-state index contributed by atoms with van der Waals surface area (Å²) in [5, 5.41) is 10.2. The van der Waals surface area contributed by atoms with Gasteiger partial charge in [-0.25, -0.2) is 4.98 Å². The molecule has 0 aliphatic carbocycles. The fraction of sp³-hybridized carbons (Fsp3) is 0.143. The van der Waals surface area contributed by atoms with Crippen LogP contribution in [-0.4, -0.2) is 15.1 Å². The standard InChI is InChI=1S/C7H6N2OS/c1-4-9-5-2-8-3-6(10)7(5)11-4/h2-3,10H,1H3. The van der Waals surface area contributed by atoms with Crippen molar-refractivity contribution in [3.63, 3.8) is 0 Å². The number of aryl methyl sites for hydroxylation is 1. The van der Waals surface area contributed by atoms with Gasteiger partial charge in [-0.05, 0) is 6.92 Å². The number of hydrogen-bond donors (Lipinski definition) is 1. The second-order valence-corrected chi connectivity index (χ2v) is 3.44. The van der Waals surface area contributed by atoms with Crippen LogP contribution < -0.4 is 0 Å². The highest BCUT2D eigenvalue weighted by Crippen LogP contribution is 2.28. The second kappa shape index (κ2) is 2.17. The van der Waals surface area contributed by atoms with Crippen molar-refractivity contribution in [2.24, 2.45) is 0 Å². The number of fused-ring (bicyclic) bond motifs is 1. The van der Waals surface area contributed by atoms with Crippen molar-refractivity contribution in [2.45, 2.75) is 6.92 Å². The largest absolute Gasteiger partial charge is 0.505 e. The Morgan fingerprint density at radius 2 is 2.27 bits per heavy atom. The number of hydrogen-bond acceptors (Lipinski definition) is 4. The first-order valence-corrected chi connectivity index (χ1v) is 3.99. The highest BCUT2D eigenvalue weighted by atomic mass is 32.1. The van der Waals surface area contributed by atoms with E-state index in [0.29, 0.717) is 0 Å². The molecule has 4 heteroatoms. The SMILES string of the molecule is Cc1nc2cncc(O)c2s1. The Morgan fingerprint density at radius 3 is 3.00 bits per heavy atom. The van der Waals surface area contributed by atoms with Gasteiger partial charge < -0.3 is 5.11 Å². The van der Waals surface area contributed by atoms with Gasteiger partial charge in [-0.1, -0.05) is 0 Å². The molecule has 0 atom stereocenters. The predicted molar refractivity (Wildman–Crippen MR) is 43.8 cm³/mol. The first-order chi connectivity index (χ1) is 5.27. The molecule has 0 saturated carbocycles. The van der Waals surface area contributed by atoms with Crippen molar-refractivity contribution < 1.29 is 5.11 Å². The summed E-state index contributed by atoms with van der Waals surface area (Å²) in [7, 11) is 0. The summed E-state index contributed by atoms with van der Waals surface area (Å²) in [6.07, 6.45) is 3.08.